The van der Waals surface area contributed by atoms with E-state index in [4.69, 9.17) is 9.47 Å². The number of methoxy groups -OCH3 is 2. The molecule has 0 N–H and O–H groups in total. The number of hydrogen-bond acceptors (Lipinski definition) is 4. The quantitative estimate of drug-likeness (QED) is 0.842. The van der Waals surface area contributed by atoms with Crippen molar-refractivity contribution in [1.82, 2.24) is 0 Å². The highest BCUT2D eigenvalue weighted by Crippen LogP contribution is 2.43. The average Bonchev–Trinajstić information content (AvgIpc) is 2.53. The first kappa shape index (κ1) is 14.6. The van der Waals surface area contributed by atoms with Crippen LogP contribution >= 0.6 is 0 Å². The summed E-state index contributed by atoms with van der Waals surface area (Å²) in [4.78, 5) is 26.1. The third-order valence-electron chi connectivity index (χ3n) is 4.51. The summed E-state index contributed by atoms with van der Waals surface area (Å²) in [5, 5.41) is 0. The molecular weight excluding hydrogens is 280 g/mol. The van der Waals surface area contributed by atoms with E-state index in [0.717, 1.165) is 11.1 Å². The van der Waals surface area contributed by atoms with Gasteiger partial charge in [0.25, 0.3) is 0 Å². The average molecular weight is 298 g/mol. The molecule has 0 aliphatic heterocycles. The third kappa shape index (κ3) is 1.83. The van der Waals surface area contributed by atoms with Crippen LogP contribution in [-0.2, 0) is 9.47 Å². The minimum Gasteiger partial charge on any atom is -0.500 e. The Labute approximate surface area is 129 Å². The van der Waals surface area contributed by atoms with Crippen molar-refractivity contribution in [3.63, 3.8) is 0 Å². The topological polar surface area (TPSA) is 52.6 Å². The molecule has 1 aromatic carbocycles. The van der Waals surface area contributed by atoms with E-state index in [9.17, 15) is 9.59 Å². The Kier molecular flexibility index (Phi) is 3.39. The van der Waals surface area contributed by atoms with Gasteiger partial charge in [0.05, 0.1) is 26.1 Å². The summed E-state index contributed by atoms with van der Waals surface area (Å²) >= 11 is 0. The van der Waals surface area contributed by atoms with Gasteiger partial charge in [0.2, 0.25) is 0 Å². The second-order valence-electron chi connectivity index (χ2n) is 5.68. The molecule has 0 heterocycles. The molecular formula is C18H18O4. The van der Waals surface area contributed by atoms with Gasteiger partial charge < -0.3 is 9.47 Å². The van der Waals surface area contributed by atoms with Gasteiger partial charge in [-0.15, -0.1) is 0 Å². The van der Waals surface area contributed by atoms with Gasteiger partial charge >= 0.3 is 0 Å². The van der Waals surface area contributed by atoms with E-state index in [0.29, 0.717) is 22.6 Å². The first-order valence-electron chi connectivity index (χ1n) is 7.19. The van der Waals surface area contributed by atoms with Crippen molar-refractivity contribution >= 4 is 11.6 Å². The molecule has 114 valence electrons. The van der Waals surface area contributed by atoms with Crippen LogP contribution in [0.5, 0.6) is 0 Å². The van der Waals surface area contributed by atoms with Crippen LogP contribution in [0.15, 0.2) is 35.8 Å². The van der Waals surface area contributed by atoms with E-state index in [2.05, 4.69) is 0 Å². The Hall–Kier alpha value is -2.36. The zero-order valence-corrected chi connectivity index (χ0v) is 13.1. The summed E-state index contributed by atoms with van der Waals surface area (Å²) in [5.74, 6) is -0.393. The predicted molar refractivity (Wildman–Crippen MR) is 81.7 cm³/mol. The fourth-order valence-electron chi connectivity index (χ4n) is 3.41. The number of ketones is 2. The summed E-state index contributed by atoms with van der Waals surface area (Å²) in [6, 6.07) is 3.76. The zero-order chi connectivity index (χ0) is 16.0. The summed E-state index contributed by atoms with van der Waals surface area (Å²) in [6.45, 7) is 3.71. The van der Waals surface area contributed by atoms with Gasteiger partial charge in [-0.05, 0) is 37.1 Å². The van der Waals surface area contributed by atoms with Crippen molar-refractivity contribution in [2.45, 2.75) is 13.8 Å². The molecule has 0 saturated heterocycles. The lowest BCUT2D eigenvalue weighted by Crippen LogP contribution is -2.41. The molecule has 2 atom stereocenters. The van der Waals surface area contributed by atoms with Crippen LogP contribution in [-0.4, -0.2) is 25.8 Å². The van der Waals surface area contributed by atoms with E-state index in [1.54, 1.807) is 12.2 Å². The molecule has 4 nitrogen and oxygen atoms in total. The van der Waals surface area contributed by atoms with Gasteiger partial charge in [-0.25, -0.2) is 0 Å². The first-order chi connectivity index (χ1) is 10.5. The molecule has 0 radical (unpaired) electrons. The largest absolute Gasteiger partial charge is 0.500 e. The second-order valence-corrected chi connectivity index (χ2v) is 5.68. The van der Waals surface area contributed by atoms with Gasteiger partial charge in [0, 0.05) is 11.1 Å². The van der Waals surface area contributed by atoms with Crippen molar-refractivity contribution in [1.29, 1.82) is 0 Å². The molecule has 3 rings (SSSR count). The van der Waals surface area contributed by atoms with Gasteiger partial charge in [-0.1, -0.05) is 12.1 Å². The number of carbonyl (C=O) groups excluding carboxylic acids is 2. The number of allylic oxidation sites excluding steroid dienone is 4. The van der Waals surface area contributed by atoms with E-state index < -0.39 is 11.8 Å². The maximum atomic E-state index is 13.0. The molecule has 0 spiro atoms. The SMILES string of the molecule is COC1=CC=C(OC)C2C(=O)c3c(C)ccc(C)c3C(=O)C12. The van der Waals surface area contributed by atoms with E-state index in [1.165, 1.54) is 14.2 Å². The molecule has 0 saturated carbocycles. The molecule has 4 heteroatoms. The zero-order valence-electron chi connectivity index (χ0n) is 13.1. The summed E-state index contributed by atoms with van der Waals surface area (Å²) < 4.78 is 10.7. The Balaban J connectivity index is 2.28. The number of rotatable bonds is 2. The van der Waals surface area contributed by atoms with Crippen molar-refractivity contribution in [3.8, 4) is 0 Å². The second kappa shape index (κ2) is 5.13. The molecule has 2 aliphatic rings. The first-order valence-corrected chi connectivity index (χ1v) is 7.19. The highest BCUT2D eigenvalue weighted by molar-refractivity contribution is 6.19. The number of aryl methyl sites for hydroxylation is 2. The molecule has 0 bridgehead atoms. The molecule has 0 amide bonds. The van der Waals surface area contributed by atoms with Gasteiger partial charge in [0.1, 0.15) is 11.5 Å². The van der Waals surface area contributed by atoms with Crippen molar-refractivity contribution in [3.05, 3.63) is 58.1 Å². The minimum absolute atomic E-state index is 0.0726. The number of carbonyl (C=O) groups is 2. The molecule has 2 unspecified atom stereocenters. The number of benzene rings is 1. The minimum atomic E-state index is -0.634. The number of fused-ring (bicyclic) bond motifs is 2. The van der Waals surface area contributed by atoms with Crippen molar-refractivity contribution in [2.75, 3.05) is 14.2 Å². The van der Waals surface area contributed by atoms with E-state index >= 15 is 0 Å². The fraction of sp³-hybridized carbons (Fsp3) is 0.333. The number of Topliss-reactive ketones (excluding diaryl/α,β-unsaturated/α-hetero) is 2. The standard InChI is InChI=1S/C18H18O4/c1-9-5-6-10(2)14-13(9)17(19)15-11(21-3)7-8-12(22-4)16(15)18(14)20/h5-8,15-16H,1-4H3. The lowest BCUT2D eigenvalue weighted by Gasteiger charge is -2.35. The Morgan fingerprint density at radius 3 is 1.45 bits per heavy atom. The summed E-state index contributed by atoms with van der Waals surface area (Å²) in [6.07, 6.45) is 3.42. The van der Waals surface area contributed by atoms with Crippen LogP contribution < -0.4 is 0 Å². The third-order valence-corrected chi connectivity index (χ3v) is 4.51. The molecule has 0 fully saturated rings. The van der Waals surface area contributed by atoms with Crippen LogP contribution in [0.25, 0.3) is 0 Å². The van der Waals surface area contributed by atoms with Crippen molar-refractivity contribution < 1.29 is 19.1 Å². The van der Waals surface area contributed by atoms with Gasteiger partial charge in [0.15, 0.2) is 11.6 Å². The van der Waals surface area contributed by atoms with Crippen LogP contribution in [0.3, 0.4) is 0 Å². The Morgan fingerprint density at radius 1 is 0.773 bits per heavy atom. The van der Waals surface area contributed by atoms with Crippen LogP contribution in [0, 0.1) is 25.7 Å². The maximum Gasteiger partial charge on any atom is 0.175 e. The normalized spacial score (nSPS) is 23.3. The maximum absolute atomic E-state index is 13.0. The monoisotopic (exact) mass is 298 g/mol. The summed E-state index contributed by atoms with van der Waals surface area (Å²) in [5.41, 5.74) is 2.68. The number of hydrogen-bond donors (Lipinski definition) is 0. The summed E-state index contributed by atoms with van der Waals surface area (Å²) in [7, 11) is 3.04. The Bertz CT molecular complexity index is 677. The van der Waals surface area contributed by atoms with Crippen LogP contribution in [0.2, 0.25) is 0 Å². The predicted octanol–water partition coefficient (Wildman–Crippen LogP) is 2.99. The van der Waals surface area contributed by atoms with Gasteiger partial charge in [-0.2, -0.15) is 0 Å². The number of ether oxygens (including phenoxy) is 2. The van der Waals surface area contributed by atoms with Crippen LogP contribution in [0.1, 0.15) is 31.8 Å². The fourth-order valence-corrected chi connectivity index (χ4v) is 3.41. The van der Waals surface area contributed by atoms with E-state index in [1.807, 2.05) is 26.0 Å². The van der Waals surface area contributed by atoms with E-state index in [-0.39, 0.29) is 11.6 Å². The highest BCUT2D eigenvalue weighted by atomic mass is 16.5. The smallest absolute Gasteiger partial charge is 0.175 e. The van der Waals surface area contributed by atoms with Crippen LogP contribution in [0.4, 0.5) is 0 Å². The molecule has 22 heavy (non-hydrogen) atoms. The lowest BCUT2D eigenvalue weighted by molar-refractivity contribution is 0.0665. The highest BCUT2D eigenvalue weighted by Gasteiger charge is 2.48. The van der Waals surface area contributed by atoms with Crippen molar-refractivity contribution in [2.24, 2.45) is 11.8 Å². The lowest BCUT2D eigenvalue weighted by atomic mass is 9.68. The molecule has 2 aliphatic carbocycles. The van der Waals surface area contributed by atoms with Gasteiger partial charge in [-0.3, -0.25) is 9.59 Å². The molecule has 1 aromatic rings. The molecule has 0 aromatic heterocycles. The Morgan fingerprint density at radius 2 is 1.14 bits per heavy atom.